The van der Waals surface area contributed by atoms with E-state index in [1.54, 1.807) is 12.1 Å². The zero-order valence-corrected chi connectivity index (χ0v) is 35.6. The Labute approximate surface area is 360 Å². The molecule has 8 nitrogen and oxygen atoms in total. The summed E-state index contributed by atoms with van der Waals surface area (Å²) < 4.78 is 40.7. The second kappa shape index (κ2) is 18.5. The van der Waals surface area contributed by atoms with Crippen LogP contribution in [0, 0.1) is 28.6 Å². The van der Waals surface area contributed by atoms with Crippen LogP contribution in [0.5, 0.6) is 0 Å². The molecular formula is C53H60O8. The smallest absolute Gasteiger partial charge is 0.338 e. The van der Waals surface area contributed by atoms with Crippen molar-refractivity contribution in [2.75, 3.05) is 6.61 Å². The number of benzene rings is 4. The highest BCUT2D eigenvalue weighted by molar-refractivity contribution is 5.89. The third-order valence-electron chi connectivity index (χ3n) is 14.9. The molecule has 4 aromatic carbocycles. The molecule has 1 saturated heterocycles. The van der Waals surface area contributed by atoms with Crippen LogP contribution in [0.4, 0.5) is 0 Å². The predicted octanol–water partition coefficient (Wildman–Crippen LogP) is 10.2. The van der Waals surface area contributed by atoms with Crippen molar-refractivity contribution in [1.29, 1.82) is 0 Å². The van der Waals surface area contributed by atoms with Crippen LogP contribution in [0.3, 0.4) is 0 Å². The lowest BCUT2D eigenvalue weighted by molar-refractivity contribution is -0.327. The average molecular weight is 825 g/mol. The quantitative estimate of drug-likeness (QED) is 0.0918. The van der Waals surface area contributed by atoms with Crippen LogP contribution in [0.25, 0.3) is 0 Å². The zero-order chi connectivity index (χ0) is 41.8. The monoisotopic (exact) mass is 824 g/mol. The van der Waals surface area contributed by atoms with Crippen LogP contribution in [0.15, 0.2) is 133 Å². The van der Waals surface area contributed by atoms with Crippen molar-refractivity contribution in [3.05, 3.63) is 155 Å². The lowest BCUT2D eigenvalue weighted by Gasteiger charge is -2.57. The fraction of sp³-hybridized carbons (Fsp3) is 0.472. The summed E-state index contributed by atoms with van der Waals surface area (Å²) in [5.41, 5.74) is 4.83. The molecular weight excluding hydrogens is 765 g/mol. The predicted molar refractivity (Wildman–Crippen MR) is 232 cm³/mol. The number of hydrogen-bond acceptors (Lipinski definition) is 8. The summed E-state index contributed by atoms with van der Waals surface area (Å²) >= 11 is 0. The fourth-order valence-corrected chi connectivity index (χ4v) is 11.5. The number of Topliss-reactive ketones (excluding diaryl/α,β-unsaturated/α-hetero) is 1. The molecule has 320 valence electrons. The van der Waals surface area contributed by atoms with Crippen LogP contribution in [-0.4, -0.2) is 55.2 Å². The summed E-state index contributed by atoms with van der Waals surface area (Å²) in [7, 11) is 0. The normalized spacial score (nSPS) is 33.2. The number of ether oxygens (including phenoxy) is 6. The maximum Gasteiger partial charge on any atom is 0.338 e. The van der Waals surface area contributed by atoms with Crippen molar-refractivity contribution >= 4 is 11.8 Å². The summed E-state index contributed by atoms with van der Waals surface area (Å²) in [6.07, 6.45) is 5.83. The van der Waals surface area contributed by atoms with E-state index < -0.39 is 36.7 Å². The molecule has 6 unspecified atom stereocenters. The Morgan fingerprint density at radius 3 is 1.90 bits per heavy atom. The molecule has 1 aliphatic heterocycles. The van der Waals surface area contributed by atoms with Crippen molar-refractivity contribution in [1.82, 2.24) is 0 Å². The minimum Gasteiger partial charge on any atom is -0.450 e. The van der Waals surface area contributed by atoms with Gasteiger partial charge in [-0.2, -0.15) is 0 Å². The summed E-state index contributed by atoms with van der Waals surface area (Å²) in [5, 5.41) is 0. The Hall–Kier alpha value is -4.44. The standard InChI is InChI=1S/C53H60O8/c1-52-29-27-41(31-40(52)23-24-42-43-25-26-46(54)53(43,2)30-28-44(42)52)59-51-49(61-50(55)39-21-13-6-14-22-39)48(58-34-38-19-11-5-12-20-38)47(57-33-37-17-9-4-10-18-37)45(60-51)35-56-32-36-15-7-3-8-16-36/h3-23,41-45,47-49,51H,24-35H2,1-2H3/t41-,42?,43?,44?,45?,47+,48?,49?,51+,52-,53-/m0/s1. The van der Waals surface area contributed by atoms with Crippen LogP contribution >= 0.6 is 0 Å². The largest absolute Gasteiger partial charge is 0.450 e. The van der Waals surface area contributed by atoms with E-state index >= 15 is 0 Å². The van der Waals surface area contributed by atoms with E-state index in [1.807, 2.05) is 109 Å². The Balaban J connectivity index is 1.02. The highest BCUT2D eigenvalue weighted by Crippen LogP contribution is 2.64. The molecule has 4 aliphatic carbocycles. The van der Waals surface area contributed by atoms with Crippen molar-refractivity contribution in [3.8, 4) is 0 Å². The number of fused-ring (bicyclic) bond motifs is 5. The summed E-state index contributed by atoms with van der Waals surface area (Å²) in [5.74, 6) is 1.58. The molecule has 8 heteroatoms. The van der Waals surface area contributed by atoms with Crippen molar-refractivity contribution in [2.45, 2.75) is 122 Å². The van der Waals surface area contributed by atoms with Gasteiger partial charge in [-0.1, -0.05) is 135 Å². The third-order valence-corrected chi connectivity index (χ3v) is 14.9. The van der Waals surface area contributed by atoms with Gasteiger partial charge >= 0.3 is 5.97 Å². The molecule has 4 aromatic rings. The van der Waals surface area contributed by atoms with Gasteiger partial charge in [0.2, 0.25) is 0 Å². The second-order valence-electron chi connectivity index (χ2n) is 18.5. The van der Waals surface area contributed by atoms with Gasteiger partial charge in [0.25, 0.3) is 0 Å². The highest BCUT2D eigenvalue weighted by Gasteiger charge is 2.59. The van der Waals surface area contributed by atoms with E-state index in [4.69, 9.17) is 28.4 Å². The van der Waals surface area contributed by atoms with Gasteiger partial charge in [-0.25, -0.2) is 4.79 Å². The molecule has 0 radical (unpaired) electrons. The van der Waals surface area contributed by atoms with Gasteiger partial charge < -0.3 is 28.4 Å². The van der Waals surface area contributed by atoms with E-state index in [2.05, 4.69) is 19.9 Å². The van der Waals surface area contributed by atoms with E-state index in [-0.39, 0.29) is 30.1 Å². The fourth-order valence-electron chi connectivity index (χ4n) is 11.5. The Bertz CT molecular complexity index is 2110. The van der Waals surface area contributed by atoms with Crippen molar-refractivity contribution in [3.63, 3.8) is 0 Å². The molecule has 1 heterocycles. The molecule has 3 saturated carbocycles. The van der Waals surface area contributed by atoms with Crippen LogP contribution in [0.2, 0.25) is 0 Å². The first-order valence-electron chi connectivity index (χ1n) is 22.5. The van der Waals surface area contributed by atoms with Crippen LogP contribution in [-0.2, 0) is 53.0 Å². The number of ketones is 1. The molecule has 0 spiro atoms. The number of hydrogen-bond donors (Lipinski definition) is 0. The summed E-state index contributed by atoms with van der Waals surface area (Å²) in [6, 6.07) is 39.2. The van der Waals surface area contributed by atoms with Gasteiger partial charge in [-0.3, -0.25) is 4.79 Å². The summed E-state index contributed by atoms with van der Waals surface area (Å²) in [4.78, 5) is 27.1. The van der Waals surface area contributed by atoms with Gasteiger partial charge in [0, 0.05) is 11.8 Å². The first kappa shape index (κ1) is 41.9. The molecule has 0 N–H and O–H groups in total. The van der Waals surface area contributed by atoms with E-state index in [0.717, 1.165) is 68.1 Å². The lowest BCUT2D eigenvalue weighted by Crippen LogP contribution is -2.62. The highest BCUT2D eigenvalue weighted by atomic mass is 16.7. The third kappa shape index (κ3) is 8.93. The Kier molecular flexibility index (Phi) is 12.7. The molecule has 0 amide bonds. The van der Waals surface area contributed by atoms with Crippen molar-refractivity contribution in [2.24, 2.45) is 28.6 Å². The zero-order valence-electron chi connectivity index (χ0n) is 35.6. The minimum absolute atomic E-state index is 0.0634. The number of carbonyl (C=O) groups excluding carboxylic acids is 2. The average Bonchev–Trinajstić information content (AvgIpc) is 3.60. The van der Waals surface area contributed by atoms with Gasteiger partial charge in [-0.15, -0.1) is 0 Å². The van der Waals surface area contributed by atoms with Gasteiger partial charge in [0.05, 0.1) is 38.1 Å². The first-order valence-corrected chi connectivity index (χ1v) is 22.5. The number of carbonyl (C=O) groups is 2. The molecule has 61 heavy (non-hydrogen) atoms. The van der Waals surface area contributed by atoms with Gasteiger partial charge in [0.1, 0.15) is 24.1 Å². The van der Waals surface area contributed by atoms with Crippen LogP contribution < -0.4 is 0 Å². The number of esters is 1. The first-order chi connectivity index (χ1) is 29.8. The lowest BCUT2D eigenvalue weighted by atomic mass is 9.48. The van der Waals surface area contributed by atoms with E-state index in [9.17, 15) is 9.59 Å². The van der Waals surface area contributed by atoms with Gasteiger partial charge in [-0.05, 0) is 96.9 Å². The molecule has 11 atom stereocenters. The molecule has 0 aromatic heterocycles. The topological polar surface area (TPSA) is 89.5 Å². The Morgan fingerprint density at radius 1 is 0.672 bits per heavy atom. The summed E-state index contributed by atoms with van der Waals surface area (Å²) in [6.45, 7) is 5.88. The number of allylic oxidation sites excluding steroid dienone is 1. The van der Waals surface area contributed by atoms with Crippen molar-refractivity contribution < 1.29 is 38.0 Å². The second-order valence-corrected chi connectivity index (χ2v) is 18.5. The minimum atomic E-state index is -0.962. The van der Waals surface area contributed by atoms with E-state index in [1.165, 1.54) is 5.57 Å². The molecule has 0 bridgehead atoms. The SMILES string of the molecule is C[C@]12CC[C@H](O[C@@H]3OC(COCc4ccccc4)[C@@H](OCc4ccccc4)C(OCc4ccccc4)C3OC(=O)c3ccccc3)CC1=CCC1C2CC[C@]2(C)C(=O)CCC12. The Morgan fingerprint density at radius 2 is 1.25 bits per heavy atom. The maximum atomic E-state index is 14.1. The molecule has 4 fully saturated rings. The van der Waals surface area contributed by atoms with E-state index in [0.29, 0.717) is 42.3 Å². The molecule has 9 rings (SSSR count). The maximum absolute atomic E-state index is 14.1. The number of rotatable bonds is 14. The van der Waals surface area contributed by atoms with Crippen LogP contribution in [0.1, 0.15) is 92.3 Å². The van der Waals surface area contributed by atoms with Gasteiger partial charge in [0.15, 0.2) is 12.4 Å². The molecule has 5 aliphatic rings.